The highest BCUT2D eigenvalue weighted by Crippen LogP contribution is 2.26. The SMILES string of the molecule is Fc1cccc(-c2cccc3cncnc23)c1. The Labute approximate surface area is 97.8 Å². The van der Waals surface area contributed by atoms with Gasteiger partial charge in [-0.1, -0.05) is 30.3 Å². The lowest BCUT2D eigenvalue weighted by Crippen LogP contribution is -1.86. The van der Waals surface area contributed by atoms with Crippen LogP contribution in [0.3, 0.4) is 0 Å². The first-order valence-electron chi connectivity index (χ1n) is 5.29. The van der Waals surface area contributed by atoms with Crippen molar-refractivity contribution in [1.82, 2.24) is 9.97 Å². The molecule has 3 rings (SSSR count). The molecule has 82 valence electrons. The third kappa shape index (κ3) is 1.76. The van der Waals surface area contributed by atoms with Gasteiger partial charge in [-0.15, -0.1) is 0 Å². The Bertz CT molecular complexity index is 674. The molecule has 2 aromatic carbocycles. The standard InChI is InChI=1S/C14H9FN2/c15-12-5-1-3-10(7-12)13-6-2-4-11-8-16-9-17-14(11)13/h1-9H. The van der Waals surface area contributed by atoms with Gasteiger partial charge in [0.1, 0.15) is 12.1 Å². The molecule has 0 N–H and O–H groups in total. The Balaban J connectivity index is 2.30. The van der Waals surface area contributed by atoms with Crippen LogP contribution in [-0.4, -0.2) is 9.97 Å². The van der Waals surface area contributed by atoms with Crippen LogP contribution in [0.4, 0.5) is 4.39 Å². The van der Waals surface area contributed by atoms with Crippen LogP contribution in [0.5, 0.6) is 0 Å². The van der Waals surface area contributed by atoms with Gasteiger partial charge in [-0.05, 0) is 17.7 Å². The third-order valence-corrected chi connectivity index (χ3v) is 2.67. The van der Waals surface area contributed by atoms with Gasteiger partial charge in [0.2, 0.25) is 0 Å². The Hall–Kier alpha value is -2.29. The Morgan fingerprint density at radius 2 is 1.88 bits per heavy atom. The summed E-state index contributed by atoms with van der Waals surface area (Å²) in [5.74, 6) is -0.242. The summed E-state index contributed by atoms with van der Waals surface area (Å²) < 4.78 is 13.2. The predicted molar refractivity (Wildman–Crippen MR) is 64.9 cm³/mol. The molecule has 0 atom stereocenters. The van der Waals surface area contributed by atoms with Gasteiger partial charge in [-0.25, -0.2) is 14.4 Å². The lowest BCUT2D eigenvalue weighted by Gasteiger charge is -2.05. The summed E-state index contributed by atoms with van der Waals surface area (Å²) in [6.45, 7) is 0. The molecule has 1 aromatic heterocycles. The summed E-state index contributed by atoms with van der Waals surface area (Å²) in [5.41, 5.74) is 2.59. The quantitative estimate of drug-likeness (QED) is 0.632. The Kier molecular flexibility index (Phi) is 2.29. The van der Waals surface area contributed by atoms with Gasteiger partial charge >= 0.3 is 0 Å². The van der Waals surface area contributed by atoms with E-state index in [0.29, 0.717) is 0 Å². The number of rotatable bonds is 1. The average molecular weight is 224 g/mol. The van der Waals surface area contributed by atoms with E-state index in [1.165, 1.54) is 18.5 Å². The van der Waals surface area contributed by atoms with Crippen LogP contribution in [0, 0.1) is 5.82 Å². The molecule has 0 radical (unpaired) electrons. The second-order valence-corrected chi connectivity index (χ2v) is 3.78. The van der Waals surface area contributed by atoms with E-state index in [1.54, 1.807) is 12.3 Å². The van der Waals surface area contributed by atoms with Gasteiger partial charge < -0.3 is 0 Å². The number of para-hydroxylation sites is 1. The van der Waals surface area contributed by atoms with Crippen molar-refractivity contribution in [2.75, 3.05) is 0 Å². The molecule has 3 heteroatoms. The number of hydrogen-bond donors (Lipinski definition) is 0. The van der Waals surface area contributed by atoms with E-state index >= 15 is 0 Å². The zero-order chi connectivity index (χ0) is 11.7. The van der Waals surface area contributed by atoms with Gasteiger partial charge in [0, 0.05) is 17.1 Å². The van der Waals surface area contributed by atoms with Gasteiger partial charge in [-0.3, -0.25) is 0 Å². The van der Waals surface area contributed by atoms with Gasteiger partial charge in [0.15, 0.2) is 0 Å². The molecule has 0 fully saturated rings. The van der Waals surface area contributed by atoms with E-state index in [-0.39, 0.29) is 5.82 Å². The zero-order valence-electron chi connectivity index (χ0n) is 8.97. The molecule has 0 aliphatic heterocycles. The lowest BCUT2D eigenvalue weighted by molar-refractivity contribution is 0.628. The number of aromatic nitrogens is 2. The maximum absolute atomic E-state index is 13.2. The number of nitrogens with zero attached hydrogens (tertiary/aromatic N) is 2. The number of benzene rings is 2. The highest BCUT2D eigenvalue weighted by Gasteiger charge is 2.05. The molecule has 1 heterocycles. The highest BCUT2D eigenvalue weighted by atomic mass is 19.1. The lowest BCUT2D eigenvalue weighted by atomic mass is 10.0. The minimum absolute atomic E-state index is 0.242. The van der Waals surface area contributed by atoms with Crippen LogP contribution in [-0.2, 0) is 0 Å². The maximum Gasteiger partial charge on any atom is 0.123 e. The smallest absolute Gasteiger partial charge is 0.123 e. The summed E-state index contributed by atoms with van der Waals surface area (Å²) in [5, 5.41) is 0.953. The molecule has 0 unspecified atom stereocenters. The summed E-state index contributed by atoms with van der Waals surface area (Å²) >= 11 is 0. The molecule has 0 saturated carbocycles. The van der Waals surface area contributed by atoms with E-state index in [1.807, 2.05) is 24.3 Å². The second-order valence-electron chi connectivity index (χ2n) is 3.78. The topological polar surface area (TPSA) is 25.8 Å². The van der Waals surface area contributed by atoms with Crippen LogP contribution < -0.4 is 0 Å². The molecule has 2 nitrogen and oxygen atoms in total. The van der Waals surface area contributed by atoms with Crippen LogP contribution in [0.25, 0.3) is 22.0 Å². The average Bonchev–Trinajstić information content (AvgIpc) is 2.38. The first kappa shape index (κ1) is 9.90. The number of halogens is 1. The van der Waals surface area contributed by atoms with Gasteiger partial charge in [-0.2, -0.15) is 0 Å². The molecule has 3 aromatic rings. The van der Waals surface area contributed by atoms with Crippen molar-refractivity contribution in [2.24, 2.45) is 0 Å². The molecule has 0 aliphatic carbocycles. The van der Waals surface area contributed by atoms with Crippen molar-refractivity contribution >= 4 is 10.9 Å². The van der Waals surface area contributed by atoms with Gasteiger partial charge in [0.25, 0.3) is 0 Å². The molecule has 0 spiro atoms. The Morgan fingerprint density at radius 3 is 2.76 bits per heavy atom. The highest BCUT2D eigenvalue weighted by molar-refractivity contribution is 5.92. The molecular formula is C14H9FN2. The van der Waals surface area contributed by atoms with Crippen molar-refractivity contribution < 1.29 is 4.39 Å². The number of fused-ring (bicyclic) bond motifs is 1. The van der Waals surface area contributed by atoms with Crippen molar-refractivity contribution in [3.63, 3.8) is 0 Å². The maximum atomic E-state index is 13.2. The fourth-order valence-electron chi connectivity index (χ4n) is 1.90. The van der Waals surface area contributed by atoms with Crippen molar-refractivity contribution in [1.29, 1.82) is 0 Å². The first-order chi connectivity index (χ1) is 8.34. The van der Waals surface area contributed by atoms with E-state index in [2.05, 4.69) is 9.97 Å². The fourth-order valence-corrected chi connectivity index (χ4v) is 1.90. The second kappa shape index (κ2) is 3.94. The monoisotopic (exact) mass is 224 g/mol. The number of hydrogen-bond acceptors (Lipinski definition) is 2. The van der Waals surface area contributed by atoms with E-state index in [0.717, 1.165) is 22.0 Å². The predicted octanol–water partition coefficient (Wildman–Crippen LogP) is 3.44. The Morgan fingerprint density at radius 1 is 1.00 bits per heavy atom. The van der Waals surface area contributed by atoms with E-state index < -0.39 is 0 Å². The largest absolute Gasteiger partial charge is 0.244 e. The molecule has 0 amide bonds. The molecule has 0 bridgehead atoms. The summed E-state index contributed by atoms with van der Waals surface area (Å²) in [6, 6.07) is 12.3. The van der Waals surface area contributed by atoms with Crippen molar-refractivity contribution in [2.45, 2.75) is 0 Å². The fraction of sp³-hybridized carbons (Fsp3) is 0. The summed E-state index contributed by atoms with van der Waals surface area (Å²) in [7, 11) is 0. The van der Waals surface area contributed by atoms with Crippen molar-refractivity contribution in [3.8, 4) is 11.1 Å². The normalized spacial score (nSPS) is 10.6. The molecule has 17 heavy (non-hydrogen) atoms. The molecule has 0 aliphatic rings. The summed E-state index contributed by atoms with van der Waals surface area (Å²) in [6.07, 6.45) is 3.26. The summed E-state index contributed by atoms with van der Waals surface area (Å²) in [4.78, 5) is 8.23. The van der Waals surface area contributed by atoms with Crippen LogP contribution >= 0.6 is 0 Å². The van der Waals surface area contributed by atoms with Crippen molar-refractivity contribution in [3.05, 3.63) is 60.8 Å². The van der Waals surface area contributed by atoms with Crippen LogP contribution in [0.1, 0.15) is 0 Å². The molecule has 0 saturated heterocycles. The minimum atomic E-state index is -0.242. The van der Waals surface area contributed by atoms with Gasteiger partial charge in [0.05, 0.1) is 5.52 Å². The zero-order valence-corrected chi connectivity index (χ0v) is 8.97. The van der Waals surface area contributed by atoms with E-state index in [9.17, 15) is 4.39 Å². The van der Waals surface area contributed by atoms with Crippen LogP contribution in [0.15, 0.2) is 55.0 Å². The molecular weight excluding hydrogens is 215 g/mol. The first-order valence-corrected chi connectivity index (χ1v) is 5.29. The van der Waals surface area contributed by atoms with Crippen LogP contribution in [0.2, 0.25) is 0 Å². The third-order valence-electron chi connectivity index (χ3n) is 2.67. The minimum Gasteiger partial charge on any atom is -0.244 e. The van der Waals surface area contributed by atoms with E-state index in [4.69, 9.17) is 0 Å².